The number of aromatic nitrogens is 3. The van der Waals surface area contributed by atoms with Crippen LogP contribution < -0.4 is 14.8 Å². The second-order valence-electron chi connectivity index (χ2n) is 9.17. The van der Waals surface area contributed by atoms with Gasteiger partial charge in [0.25, 0.3) is 5.91 Å². The van der Waals surface area contributed by atoms with Gasteiger partial charge in [0.1, 0.15) is 0 Å². The van der Waals surface area contributed by atoms with Crippen molar-refractivity contribution in [3.8, 4) is 22.8 Å². The number of ether oxygens (including phenoxy) is 4. The first kappa shape index (κ1) is 27.1. The van der Waals surface area contributed by atoms with Crippen molar-refractivity contribution in [1.82, 2.24) is 19.5 Å². The molecule has 3 heterocycles. The van der Waals surface area contributed by atoms with Crippen LogP contribution in [0.2, 0.25) is 0 Å². The molecular weight excluding hydrogens is 514 g/mol. The van der Waals surface area contributed by atoms with Crippen LogP contribution in [0.15, 0.2) is 60.8 Å². The van der Waals surface area contributed by atoms with Gasteiger partial charge in [-0.25, -0.2) is 14.3 Å². The molecule has 11 nitrogen and oxygen atoms in total. The number of benzene rings is 2. The molecular formula is C29H31N5O6. The third-order valence-corrected chi connectivity index (χ3v) is 6.60. The number of morpholine rings is 1. The second-order valence-corrected chi connectivity index (χ2v) is 9.17. The largest absolute Gasteiger partial charge is 0.493 e. The first-order chi connectivity index (χ1) is 19.6. The van der Waals surface area contributed by atoms with Crippen molar-refractivity contribution in [2.75, 3.05) is 59.0 Å². The first-order valence-electron chi connectivity index (χ1n) is 13.0. The van der Waals surface area contributed by atoms with E-state index in [2.05, 4.69) is 20.3 Å². The summed E-state index contributed by atoms with van der Waals surface area (Å²) < 4.78 is 23.1. The maximum Gasteiger partial charge on any atom is 0.338 e. The van der Waals surface area contributed by atoms with E-state index in [1.807, 2.05) is 24.3 Å². The number of esters is 1. The van der Waals surface area contributed by atoms with Crippen molar-refractivity contribution < 1.29 is 28.5 Å². The zero-order valence-electron chi connectivity index (χ0n) is 22.5. The lowest BCUT2D eigenvalue weighted by Crippen LogP contribution is -2.37. The standard InChI is InChI=1S/C29H31N5O6/c1-37-25-9-6-21(18-26(25)38-2)24-10-11-30-27-19-23(32-34(24)27)28(35)31-22-7-4-20(5-8-22)29(36)40-15-3-12-33-13-16-39-17-14-33/h4-11,18-19H,3,12-17H2,1-2H3,(H,31,35). The number of carbonyl (C=O) groups is 2. The molecule has 1 N–H and O–H groups in total. The Morgan fingerprint density at radius 2 is 1.75 bits per heavy atom. The average molecular weight is 546 g/mol. The van der Waals surface area contributed by atoms with Gasteiger partial charge in [0, 0.05) is 43.1 Å². The van der Waals surface area contributed by atoms with Crippen molar-refractivity contribution >= 4 is 23.2 Å². The highest BCUT2D eigenvalue weighted by Crippen LogP contribution is 2.32. The summed E-state index contributed by atoms with van der Waals surface area (Å²) in [5.41, 5.74) is 3.22. The highest BCUT2D eigenvalue weighted by molar-refractivity contribution is 6.03. The topological polar surface area (TPSA) is 117 Å². The van der Waals surface area contributed by atoms with E-state index in [0.29, 0.717) is 35.0 Å². The van der Waals surface area contributed by atoms with Crippen molar-refractivity contribution in [2.45, 2.75) is 6.42 Å². The van der Waals surface area contributed by atoms with E-state index in [0.717, 1.165) is 50.5 Å². The molecule has 0 unspecified atom stereocenters. The monoisotopic (exact) mass is 545 g/mol. The molecule has 1 amide bonds. The average Bonchev–Trinajstić information content (AvgIpc) is 3.45. The summed E-state index contributed by atoms with van der Waals surface area (Å²) in [7, 11) is 3.15. The Hall–Kier alpha value is -4.48. The van der Waals surface area contributed by atoms with E-state index in [4.69, 9.17) is 18.9 Å². The molecule has 5 rings (SSSR count). The SMILES string of the molecule is COc1ccc(-c2ccnc3cc(C(=O)Nc4ccc(C(=O)OCCCN5CCOCC5)cc4)nn23)cc1OC. The van der Waals surface area contributed by atoms with Gasteiger partial charge >= 0.3 is 5.97 Å². The highest BCUT2D eigenvalue weighted by atomic mass is 16.5. The van der Waals surface area contributed by atoms with Crippen molar-refractivity contribution in [3.05, 3.63) is 72.1 Å². The van der Waals surface area contributed by atoms with Crippen LogP contribution in [0.4, 0.5) is 5.69 Å². The summed E-state index contributed by atoms with van der Waals surface area (Å²) in [5.74, 6) is 0.395. The number of rotatable bonds is 10. The number of nitrogens with zero attached hydrogens (tertiary/aromatic N) is 4. The molecule has 0 radical (unpaired) electrons. The van der Waals surface area contributed by atoms with Gasteiger partial charge in [-0.15, -0.1) is 0 Å². The maximum atomic E-state index is 13.0. The fourth-order valence-corrected chi connectivity index (χ4v) is 4.47. The zero-order valence-corrected chi connectivity index (χ0v) is 22.5. The molecule has 2 aromatic heterocycles. The van der Waals surface area contributed by atoms with Crippen LogP contribution in [0.1, 0.15) is 27.3 Å². The van der Waals surface area contributed by atoms with E-state index in [1.54, 1.807) is 55.3 Å². The third kappa shape index (κ3) is 6.22. The van der Waals surface area contributed by atoms with Crippen LogP contribution in [0.3, 0.4) is 0 Å². The van der Waals surface area contributed by atoms with Gasteiger partial charge in [0.05, 0.1) is 45.3 Å². The number of carbonyl (C=O) groups excluding carboxylic acids is 2. The smallest absolute Gasteiger partial charge is 0.338 e. The van der Waals surface area contributed by atoms with Gasteiger partial charge in [-0.3, -0.25) is 9.69 Å². The van der Waals surface area contributed by atoms with Gasteiger partial charge in [-0.05, 0) is 55.0 Å². The molecule has 40 heavy (non-hydrogen) atoms. The Bertz CT molecular complexity index is 1480. The Kier molecular flexibility index (Phi) is 8.53. The lowest BCUT2D eigenvalue weighted by molar-refractivity contribution is 0.0298. The first-order valence-corrected chi connectivity index (χ1v) is 13.0. The molecule has 1 saturated heterocycles. The summed E-state index contributed by atoms with van der Waals surface area (Å²) in [4.78, 5) is 32.0. The minimum absolute atomic E-state index is 0.198. The fourth-order valence-electron chi connectivity index (χ4n) is 4.47. The number of amides is 1. The molecule has 1 aliphatic rings. The number of nitrogens with one attached hydrogen (secondary N) is 1. The van der Waals surface area contributed by atoms with Crippen LogP contribution in [0.5, 0.6) is 11.5 Å². The van der Waals surface area contributed by atoms with Crippen molar-refractivity contribution in [3.63, 3.8) is 0 Å². The Morgan fingerprint density at radius 1 is 0.975 bits per heavy atom. The van der Waals surface area contributed by atoms with E-state index in [-0.39, 0.29) is 5.69 Å². The van der Waals surface area contributed by atoms with Gasteiger partial charge in [0.2, 0.25) is 0 Å². The minimum atomic E-state index is -0.401. The molecule has 1 fully saturated rings. The molecule has 2 aromatic carbocycles. The predicted octanol–water partition coefficient (Wildman–Crippen LogP) is 3.54. The number of hydrogen-bond donors (Lipinski definition) is 1. The number of fused-ring (bicyclic) bond motifs is 1. The Labute approximate surface area is 231 Å². The summed E-state index contributed by atoms with van der Waals surface area (Å²) in [6, 6.07) is 15.5. The molecule has 4 aromatic rings. The molecule has 11 heteroatoms. The normalized spacial score (nSPS) is 13.7. The number of anilines is 1. The van der Waals surface area contributed by atoms with Crippen molar-refractivity contribution in [2.24, 2.45) is 0 Å². The van der Waals surface area contributed by atoms with Crippen LogP contribution in [-0.4, -0.2) is 85.0 Å². The van der Waals surface area contributed by atoms with Crippen LogP contribution in [0, 0.1) is 0 Å². The van der Waals surface area contributed by atoms with Crippen LogP contribution in [-0.2, 0) is 9.47 Å². The summed E-state index contributed by atoms with van der Waals surface area (Å²) in [5, 5.41) is 7.31. The molecule has 208 valence electrons. The number of methoxy groups -OCH3 is 2. The lowest BCUT2D eigenvalue weighted by atomic mass is 10.1. The van der Waals surface area contributed by atoms with E-state index < -0.39 is 11.9 Å². The lowest BCUT2D eigenvalue weighted by Gasteiger charge is -2.26. The van der Waals surface area contributed by atoms with Gasteiger partial charge < -0.3 is 24.3 Å². The fraction of sp³-hybridized carbons (Fsp3) is 0.310. The van der Waals surface area contributed by atoms with Gasteiger partial charge in [-0.2, -0.15) is 5.10 Å². The quantitative estimate of drug-likeness (QED) is 0.236. The van der Waals surface area contributed by atoms with Crippen LogP contribution in [0.25, 0.3) is 16.9 Å². The van der Waals surface area contributed by atoms with Crippen molar-refractivity contribution in [1.29, 1.82) is 0 Å². The highest BCUT2D eigenvalue weighted by Gasteiger charge is 2.16. The molecule has 0 spiro atoms. The zero-order chi connectivity index (χ0) is 27.9. The predicted molar refractivity (Wildman–Crippen MR) is 148 cm³/mol. The number of hydrogen-bond acceptors (Lipinski definition) is 9. The van der Waals surface area contributed by atoms with E-state index >= 15 is 0 Å². The Morgan fingerprint density at radius 3 is 2.50 bits per heavy atom. The molecule has 0 aliphatic carbocycles. The third-order valence-electron chi connectivity index (χ3n) is 6.60. The molecule has 0 saturated carbocycles. The summed E-state index contributed by atoms with van der Waals surface area (Å²) >= 11 is 0. The van der Waals surface area contributed by atoms with Crippen LogP contribution >= 0.6 is 0 Å². The summed E-state index contributed by atoms with van der Waals surface area (Å²) in [6.07, 6.45) is 2.42. The minimum Gasteiger partial charge on any atom is -0.493 e. The molecule has 0 atom stereocenters. The molecule has 0 bridgehead atoms. The van der Waals surface area contributed by atoms with Gasteiger partial charge in [0.15, 0.2) is 22.8 Å². The molecule has 1 aliphatic heterocycles. The second kappa shape index (κ2) is 12.6. The maximum absolute atomic E-state index is 13.0. The Balaban J connectivity index is 1.21. The van der Waals surface area contributed by atoms with E-state index in [1.165, 1.54) is 0 Å². The summed E-state index contributed by atoms with van der Waals surface area (Å²) in [6.45, 7) is 4.53. The van der Waals surface area contributed by atoms with Gasteiger partial charge in [-0.1, -0.05) is 0 Å². The van der Waals surface area contributed by atoms with E-state index in [9.17, 15) is 9.59 Å².